The SMILES string of the molecule is O=C1NC(=S)N(c2cccc(Br)c2)C(=O)/C1=C\c1cccn1-c1ccc(C(=O)O)cc1. The Labute approximate surface area is 190 Å². The van der Waals surface area contributed by atoms with E-state index in [-0.39, 0.29) is 16.2 Å². The zero-order valence-corrected chi connectivity index (χ0v) is 18.2. The maximum atomic E-state index is 13.2. The van der Waals surface area contributed by atoms with Crippen molar-refractivity contribution in [2.75, 3.05) is 4.90 Å². The number of carboxylic acid groups (broad SMARTS) is 1. The van der Waals surface area contributed by atoms with Crippen LogP contribution >= 0.6 is 28.1 Å². The second kappa shape index (κ2) is 8.29. The lowest BCUT2D eigenvalue weighted by Crippen LogP contribution is -2.54. The molecule has 0 bridgehead atoms. The molecule has 31 heavy (non-hydrogen) atoms. The molecule has 1 aromatic heterocycles. The van der Waals surface area contributed by atoms with Crippen molar-refractivity contribution in [3.8, 4) is 5.69 Å². The molecular weight excluding hydrogens is 482 g/mol. The van der Waals surface area contributed by atoms with E-state index >= 15 is 0 Å². The number of thiocarbonyl (C=S) groups is 1. The summed E-state index contributed by atoms with van der Waals surface area (Å²) in [6.07, 6.45) is 3.24. The Hall–Kier alpha value is -3.56. The monoisotopic (exact) mass is 495 g/mol. The van der Waals surface area contributed by atoms with Crippen LogP contribution in [0.15, 0.2) is 76.9 Å². The maximum Gasteiger partial charge on any atom is 0.335 e. The highest BCUT2D eigenvalue weighted by atomic mass is 79.9. The third kappa shape index (κ3) is 4.05. The van der Waals surface area contributed by atoms with Crippen molar-refractivity contribution in [1.82, 2.24) is 9.88 Å². The van der Waals surface area contributed by atoms with Crippen molar-refractivity contribution < 1.29 is 19.5 Å². The Morgan fingerprint density at radius 1 is 1.03 bits per heavy atom. The van der Waals surface area contributed by atoms with E-state index in [9.17, 15) is 14.4 Å². The van der Waals surface area contributed by atoms with Crippen molar-refractivity contribution in [2.24, 2.45) is 0 Å². The number of carbonyl (C=O) groups excluding carboxylic acids is 2. The highest BCUT2D eigenvalue weighted by Gasteiger charge is 2.34. The van der Waals surface area contributed by atoms with Gasteiger partial charge >= 0.3 is 5.97 Å². The Bertz CT molecular complexity index is 1260. The summed E-state index contributed by atoms with van der Waals surface area (Å²) in [5.41, 5.74) is 1.87. The van der Waals surface area contributed by atoms with E-state index in [1.807, 2.05) is 6.07 Å². The van der Waals surface area contributed by atoms with E-state index in [0.717, 1.165) is 4.47 Å². The van der Waals surface area contributed by atoms with Gasteiger partial charge in [-0.2, -0.15) is 0 Å². The van der Waals surface area contributed by atoms with Crippen LogP contribution in [-0.4, -0.2) is 32.6 Å². The minimum absolute atomic E-state index is 0.00453. The van der Waals surface area contributed by atoms with Gasteiger partial charge in [0.15, 0.2) is 5.11 Å². The van der Waals surface area contributed by atoms with Crippen LogP contribution in [0.4, 0.5) is 5.69 Å². The highest BCUT2D eigenvalue weighted by molar-refractivity contribution is 9.10. The van der Waals surface area contributed by atoms with Gasteiger partial charge in [0, 0.05) is 22.1 Å². The first-order valence-corrected chi connectivity index (χ1v) is 10.2. The summed E-state index contributed by atoms with van der Waals surface area (Å²) in [5, 5.41) is 11.6. The van der Waals surface area contributed by atoms with Gasteiger partial charge in [-0.3, -0.25) is 19.8 Å². The number of benzene rings is 2. The van der Waals surface area contributed by atoms with Crippen molar-refractivity contribution in [1.29, 1.82) is 0 Å². The van der Waals surface area contributed by atoms with E-state index in [4.69, 9.17) is 17.3 Å². The first kappa shape index (κ1) is 20.7. The molecule has 0 saturated carbocycles. The Morgan fingerprint density at radius 2 is 1.77 bits per heavy atom. The van der Waals surface area contributed by atoms with Crippen LogP contribution in [0, 0.1) is 0 Å². The minimum atomic E-state index is -1.02. The van der Waals surface area contributed by atoms with Gasteiger partial charge in [0.05, 0.1) is 11.3 Å². The van der Waals surface area contributed by atoms with Crippen LogP contribution in [-0.2, 0) is 9.59 Å². The molecule has 2 heterocycles. The predicted molar refractivity (Wildman–Crippen MR) is 123 cm³/mol. The average molecular weight is 496 g/mol. The Morgan fingerprint density at radius 3 is 2.45 bits per heavy atom. The average Bonchev–Trinajstić information content (AvgIpc) is 3.19. The molecule has 2 N–H and O–H groups in total. The molecule has 0 aliphatic carbocycles. The maximum absolute atomic E-state index is 13.2. The molecule has 7 nitrogen and oxygen atoms in total. The first-order chi connectivity index (χ1) is 14.8. The van der Waals surface area contributed by atoms with Crippen LogP contribution in [0.3, 0.4) is 0 Å². The van der Waals surface area contributed by atoms with Crippen molar-refractivity contribution in [3.05, 3.63) is 88.2 Å². The predicted octanol–water partition coefficient (Wildman–Crippen LogP) is 3.77. The molecule has 0 unspecified atom stereocenters. The summed E-state index contributed by atoms with van der Waals surface area (Å²) in [6.45, 7) is 0. The number of aromatic carboxylic acids is 1. The lowest BCUT2D eigenvalue weighted by atomic mass is 10.1. The summed E-state index contributed by atoms with van der Waals surface area (Å²) in [7, 11) is 0. The zero-order chi connectivity index (χ0) is 22.1. The lowest BCUT2D eigenvalue weighted by Gasteiger charge is -2.29. The number of rotatable bonds is 4. The van der Waals surface area contributed by atoms with Crippen LogP contribution in [0.2, 0.25) is 0 Å². The molecule has 1 saturated heterocycles. The summed E-state index contributed by atoms with van der Waals surface area (Å²) < 4.78 is 2.51. The summed E-state index contributed by atoms with van der Waals surface area (Å²) in [6, 6.07) is 16.8. The van der Waals surface area contributed by atoms with E-state index in [0.29, 0.717) is 17.1 Å². The molecule has 1 fully saturated rings. The van der Waals surface area contributed by atoms with Crippen molar-refractivity contribution >= 4 is 62.8 Å². The fraction of sp³-hybridized carbons (Fsp3) is 0. The van der Waals surface area contributed by atoms with E-state index in [2.05, 4.69) is 21.2 Å². The van der Waals surface area contributed by atoms with Gasteiger partial charge in [0.1, 0.15) is 5.57 Å². The number of nitrogens with zero attached hydrogens (tertiary/aromatic N) is 2. The summed E-state index contributed by atoms with van der Waals surface area (Å²) in [5.74, 6) is -2.15. The molecule has 4 rings (SSSR count). The van der Waals surface area contributed by atoms with Gasteiger partial charge < -0.3 is 9.67 Å². The third-order valence-electron chi connectivity index (χ3n) is 4.63. The third-order valence-corrected chi connectivity index (χ3v) is 5.41. The second-order valence-electron chi connectivity index (χ2n) is 6.59. The molecule has 2 aromatic carbocycles. The van der Waals surface area contributed by atoms with Crippen molar-refractivity contribution in [2.45, 2.75) is 0 Å². The van der Waals surface area contributed by atoms with Gasteiger partial charge in [0.25, 0.3) is 11.8 Å². The molecule has 2 amide bonds. The lowest BCUT2D eigenvalue weighted by molar-refractivity contribution is -0.122. The fourth-order valence-corrected chi connectivity index (χ4v) is 3.83. The van der Waals surface area contributed by atoms with E-state index in [1.165, 1.54) is 23.1 Å². The number of amides is 2. The Kier molecular flexibility index (Phi) is 5.53. The van der Waals surface area contributed by atoms with Crippen LogP contribution in [0.1, 0.15) is 16.1 Å². The minimum Gasteiger partial charge on any atom is -0.478 e. The molecule has 154 valence electrons. The number of hydrogen-bond donors (Lipinski definition) is 2. The first-order valence-electron chi connectivity index (χ1n) is 9.03. The van der Waals surface area contributed by atoms with Gasteiger partial charge in [-0.15, -0.1) is 0 Å². The highest BCUT2D eigenvalue weighted by Crippen LogP contribution is 2.25. The molecule has 0 spiro atoms. The molecule has 3 aromatic rings. The smallest absolute Gasteiger partial charge is 0.335 e. The number of carboxylic acids is 1. The normalized spacial score (nSPS) is 15.3. The number of anilines is 1. The molecule has 0 radical (unpaired) electrons. The molecular formula is C22H14BrN3O4S. The van der Waals surface area contributed by atoms with Crippen LogP contribution in [0.25, 0.3) is 11.8 Å². The number of aromatic nitrogens is 1. The van der Waals surface area contributed by atoms with E-state index < -0.39 is 17.8 Å². The van der Waals surface area contributed by atoms with Gasteiger partial charge in [-0.25, -0.2) is 4.79 Å². The quantitative estimate of drug-likeness (QED) is 0.326. The fourth-order valence-electron chi connectivity index (χ4n) is 3.17. The largest absolute Gasteiger partial charge is 0.478 e. The molecule has 1 aliphatic heterocycles. The Balaban J connectivity index is 1.72. The number of hydrogen-bond acceptors (Lipinski definition) is 4. The number of carbonyl (C=O) groups is 3. The summed E-state index contributed by atoms with van der Waals surface area (Å²) in [4.78, 5) is 38.1. The van der Waals surface area contributed by atoms with Gasteiger partial charge in [-0.1, -0.05) is 22.0 Å². The standard InChI is InChI=1S/C22H14BrN3O4S/c23-14-3-1-4-17(11-14)26-20(28)18(19(27)24-22(26)31)12-16-5-2-10-25(16)15-8-6-13(7-9-15)21(29)30/h1-12H,(H,29,30)(H,24,27,31)/b18-12-. The molecule has 1 aliphatic rings. The van der Waals surface area contributed by atoms with E-state index in [1.54, 1.807) is 53.2 Å². The number of halogens is 1. The zero-order valence-electron chi connectivity index (χ0n) is 15.8. The summed E-state index contributed by atoms with van der Waals surface area (Å²) >= 11 is 8.59. The van der Waals surface area contributed by atoms with Crippen molar-refractivity contribution in [3.63, 3.8) is 0 Å². The molecule has 0 atom stereocenters. The number of nitrogens with one attached hydrogen (secondary N) is 1. The van der Waals surface area contributed by atoms with Gasteiger partial charge in [-0.05, 0) is 72.9 Å². The second-order valence-corrected chi connectivity index (χ2v) is 7.90. The molecule has 9 heteroatoms. The van der Waals surface area contributed by atoms with Crippen LogP contribution in [0.5, 0.6) is 0 Å². The topological polar surface area (TPSA) is 91.6 Å². The van der Waals surface area contributed by atoms with Gasteiger partial charge in [0.2, 0.25) is 0 Å². The van der Waals surface area contributed by atoms with Crippen LogP contribution < -0.4 is 10.2 Å².